The second kappa shape index (κ2) is 7.47. The summed E-state index contributed by atoms with van der Waals surface area (Å²) < 4.78 is 1.61. The molecule has 1 aromatic carbocycles. The Morgan fingerprint density at radius 2 is 1.88 bits per heavy atom. The number of aryl methyl sites for hydroxylation is 1. The molecule has 0 saturated carbocycles. The molecule has 0 atom stereocenters. The van der Waals surface area contributed by atoms with Crippen LogP contribution < -0.4 is 5.32 Å². The number of nitrogens with one attached hydrogen (secondary N) is 1. The van der Waals surface area contributed by atoms with Gasteiger partial charge in [0.2, 0.25) is 5.91 Å². The quantitative estimate of drug-likeness (QED) is 0.765. The van der Waals surface area contributed by atoms with Crippen molar-refractivity contribution in [1.29, 1.82) is 0 Å². The number of anilines is 1. The molecule has 0 aliphatic rings. The number of aromatic nitrogens is 4. The predicted octanol–water partition coefficient (Wildman–Crippen LogP) is 3.53. The zero-order chi connectivity index (χ0) is 18.6. The molecule has 6 heteroatoms. The molecule has 3 aromatic rings. The summed E-state index contributed by atoms with van der Waals surface area (Å²) in [5.74, 6) is 0.479. The second-order valence-corrected chi connectivity index (χ2v) is 7.24. The van der Waals surface area contributed by atoms with Gasteiger partial charge in [0.15, 0.2) is 0 Å². The van der Waals surface area contributed by atoms with Crippen LogP contribution in [0.4, 0.5) is 5.82 Å². The number of hydrogen-bond donors (Lipinski definition) is 1. The summed E-state index contributed by atoms with van der Waals surface area (Å²) >= 11 is 0. The molecular formula is C20H23N5O. The largest absolute Gasteiger partial charge is 0.311 e. The van der Waals surface area contributed by atoms with Gasteiger partial charge in [-0.05, 0) is 35.1 Å². The average molecular weight is 349 g/mol. The summed E-state index contributed by atoms with van der Waals surface area (Å²) in [6.07, 6.45) is 5.83. The van der Waals surface area contributed by atoms with E-state index in [1.165, 1.54) is 11.9 Å². The van der Waals surface area contributed by atoms with Crippen LogP contribution in [0.15, 0.2) is 55.2 Å². The maximum absolute atomic E-state index is 12.1. The van der Waals surface area contributed by atoms with Crippen molar-refractivity contribution >= 4 is 11.7 Å². The van der Waals surface area contributed by atoms with Gasteiger partial charge < -0.3 is 5.32 Å². The van der Waals surface area contributed by atoms with Gasteiger partial charge in [0.1, 0.15) is 18.5 Å². The van der Waals surface area contributed by atoms with E-state index in [9.17, 15) is 4.79 Å². The van der Waals surface area contributed by atoms with Gasteiger partial charge in [-0.1, -0.05) is 45.0 Å². The fourth-order valence-electron chi connectivity index (χ4n) is 2.57. The molecule has 0 radical (unpaired) electrons. The van der Waals surface area contributed by atoms with Gasteiger partial charge in [-0.3, -0.25) is 4.79 Å². The lowest BCUT2D eigenvalue weighted by Gasteiger charge is -2.19. The lowest BCUT2D eigenvalue weighted by molar-refractivity contribution is -0.116. The summed E-state index contributed by atoms with van der Waals surface area (Å²) in [7, 11) is 0. The third-order valence-corrected chi connectivity index (χ3v) is 4.16. The number of hydrogen-bond acceptors (Lipinski definition) is 4. The van der Waals surface area contributed by atoms with Gasteiger partial charge >= 0.3 is 0 Å². The minimum absolute atomic E-state index is 0.0501. The number of amides is 1. The molecule has 0 spiro atoms. The van der Waals surface area contributed by atoms with Gasteiger partial charge in [0.25, 0.3) is 0 Å². The molecule has 134 valence electrons. The van der Waals surface area contributed by atoms with Crippen molar-refractivity contribution in [3.8, 4) is 5.69 Å². The highest BCUT2D eigenvalue weighted by molar-refractivity contribution is 5.89. The van der Waals surface area contributed by atoms with Crippen LogP contribution in [0, 0.1) is 0 Å². The van der Waals surface area contributed by atoms with Crippen molar-refractivity contribution in [2.75, 3.05) is 5.32 Å². The van der Waals surface area contributed by atoms with Gasteiger partial charge in [0.05, 0.1) is 11.9 Å². The smallest absolute Gasteiger partial charge is 0.225 e. The minimum atomic E-state index is -0.0501. The summed E-state index contributed by atoms with van der Waals surface area (Å²) in [6.45, 7) is 6.57. The molecule has 0 aliphatic heterocycles. The van der Waals surface area contributed by atoms with Crippen LogP contribution in [0.3, 0.4) is 0 Å². The maximum Gasteiger partial charge on any atom is 0.225 e. The Morgan fingerprint density at radius 3 is 2.46 bits per heavy atom. The van der Waals surface area contributed by atoms with Crippen molar-refractivity contribution in [3.05, 3.63) is 66.4 Å². The monoisotopic (exact) mass is 349 g/mol. The second-order valence-electron chi connectivity index (χ2n) is 7.24. The van der Waals surface area contributed by atoms with Gasteiger partial charge in [0, 0.05) is 6.42 Å². The lowest BCUT2D eigenvalue weighted by atomic mass is 9.86. The molecular weight excluding hydrogens is 326 g/mol. The first-order valence-electron chi connectivity index (χ1n) is 8.62. The minimum Gasteiger partial charge on any atom is -0.311 e. The first kappa shape index (κ1) is 17.8. The molecule has 0 fully saturated rings. The van der Waals surface area contributed by atoms with E-state index in [0.717, 1.165) is 11.3 Å². The average Bonchev–Trinajstić information content (AvgIpc) is 3.15. The highest BCUT2D eigenvalue weighted by Crippen LogP contribution is 2.22. The van der Waals surface area contributed by atoms with E-state index in [4.69, 9.17) is 0 Å². The zero-order valence-corrected chi connectivity index (χ0v) is 15.3. The van der Waals surface area contributed by atoms with Crippen LogP contribution in [0.25, 0.3) is 5.69 Å². The molecule has 26 heavy (non-hydrogen) atoms. The Balaban J connectivity index is 1.52. The molecule has 0 unspecified atom stereocenters. The summed E-state index contributed by atoms with van der Waals surface area (Å²) in [6, 6.07) is 12.1. The van der Waals surface area contributed by atoms with Crippen molar-refractivity contribution in [2.24, 2.45) is 0 Å². The Hall–Kier alpha value is -3.02. The van der Waals surface area contributed by atoms with Crippen LogP contribution in [0.2, 0.25) is 0 Å². The van der Waals surface area contributed by atoms with Crippen molar-refractivity contribution in [3.63, 3.8) is 0 Å². The van der Waals surface area contributed by atoms with E-state index in [-0.39, 0.29) is 11.3 Å². The normalized spacial score (nSPS) is 11.3. The summed E-state index contributed by atoms with van der Waals surface area (Å²) in [4.78, 5) is 20.3. The highest BCUT2D eigenvalue weighted by Gasteiger charge is 2.13. The molecule has 0 bridgehead atoms. The first-order valence-corrected chi connectivity index (χ1v) is 8.62. The highest BCUT2D eigenvalue weighted by atomic mass is 16.1. The van der Waals surface area contributed by atoms with Gasteiger partial charge in [-0.25, -0.2) is 14.6 Å². The van der Waals surface area contributed by atoms with E-state index < -0.39 is 0 Å². The van der Waals surface area contributed by atoms with E-state index in [0.29, 0.717) is 18.7 Å². The van der Waals surface area contributed by atoms with E-state index in [2.05, 4.69) is 65.4 Å². The topological polar surface area (TPSA) is 72.7 Å². The number of benzene rings is 1. The van der Waals surface area contributed by atoms with Crippen LogP contribution >= 0.6 is 0 Å². The van der Waals surface area contributed by atoms with Crippen LogP contribution in [0.1, 0.15) is 38.3 Å². The molecule has 1 N–H and O–H groups in total. The molecule has 6 nitrogen and oxygen atoms in total. The van der Waals surface area contributed by atoms with Crippen molar-refractivity contribution < 1.29 is 4.79 Å². The standard InChI is InChI=1S/C20H23N5O/c1-20(2,3)16-7-4-15(5-8-16)6-11-19(26)24-18-10-9-17(12-22-18)25-14-21-13-23-25/h4-5,7-10,12-14H,6,11H2,1-3H3,(H,22,24,26). The molecule has 0 saturated heterocycles. The van der Waals surface area contributed by atoms with Crippen LogP contribution in [0.5, 0.6) is 0 Å². The first-order chi connectivity index (χ1) is 12.4. The van der Waals surface area contributed by atoms with E-state index >= 15 is 0 Å². The number of pyridine rings is 1. The van der Waals surface area contributed by atoms with E-state index in [1.54, 1.807) is 23.3 Å². The van der Waals surface area contributed by atoms with Crippen molar-refractivity contribution in [2.45, 2.75) is 39.0 Å². The maximum atomic E-state index is 12.1. The Kier molecular flexibility index (Phi) is 5.11. The Bertz CT molecular complexity index is 847. The van der Waals surface area contributed by atoms with Crippen LogP contribution in [-0.2, 0) is 16.6 Å². The number of nitrogens with zero attached hydrogens (tertiary/aromatic N) is 4. The number of carbonyl (C=O) groups excluding carboxylic acids is 1. The van der Waals surface area contributed by atoms with Gasteiger partial charge in [-0.2, -0.15) is 5.10 Å². The molecule has 2 aromatic heterocycles. The third-order valence-electron chi connectivity index (χ3n) is 4.16. The summed E-state index contributed by atoms with van der Waals surface area (Å²) in [5, 5.41) is 6.86. The fourth-order valence-corrected chi connectivity index (χ4v) is 2.57. The summed E-state index contributed by atoms with van der Waals surface area (Å²) in [5.41, 5.74) is 3.38. The fraction of sp³-hybridized carbons (Fsp3) is 0.300. The molecule has 2 heterocycles. The Labute approximate surface area is 153 Å². The lowest BCUT2D eigenvalue weighted by Crippen LogP contribution is -2.14. The molecule has 0 aliphatic carbocycles. The zero-order valence-electron chi connectivity index (χ0n) is 15.3. The predicted molar refractivity (Wildman–Crippen MR) is 101 cm³/mol. The SMILES string of the molecule is CC(C)(C)c1ccc(CCC(=O)Nc2ccc(-n3cncn3)cn2)cc1. The van der Waals surface area contributed by atoms with Gasteiger partial charge in [-0.15, -0.1) is 0 Å². The number of rotatable bonds is 5. The third kappa shape index (κ3) is 4.53. The van der Waals surface area contributed by atoms with Crippen LogP contribution in [-0.4, -0.2) is 25.7 Å². The molecule has 1 amide bonds. The molecule has 3 rings (SSSR count). The van der Waals surface area contributed by atoms with Crippen molar-refractivity contribution in [1.82, 2.24) is 19.7 Å². The van der Waals surface area contributed by atoms with E-state index in [1.807, 2.05) is 6.07 Å². The number of carbonyl (C=O) groups is 1. The Morgan fingerprint density at radius 1 is 1.12 bits per heavy atom.